The van der Waals surface area contributed by atoms with E-state index in [1.165, 1.54) is 0 Å². The Hall–Kier alpha value is -1.84. The van der Waals surface area contributed by atoms with Crippen LogP contribution in [0.1, 0.15) is 44.6 Å². The first-order chi connectivity index (χ1) is 12.9. The average Bonchev–Trinajstić information content (AvgIpc) is 3.31. The van der Waals surface area contributed by atoms with Gasteiger partial charge in [-0.25, -0.2) is 4.68 Å². The molecule has 1 aromatic heterocycles. The summed E-state index contributed by atoms with van der Waals surface area (Å²) in [5, 5.41) is 6.84. The second-order valence-electron chi connectivity index (χ2n) is 7.63. The van der Waals surface area contributed by atoms with Gasteiger partial charge in [0.25, 0.3) is 0 Å². The zero-order valence-electron chi connectivity index (χ0n) is 15.0. The number of nitrogens with zero attached hydrogens (tertiary/aromatic N) is 4. The molecule has 4 heterocycles. The number of alkyl halides is 3. The Morgan fingerprint density at radius 3 is 2.74 bits per heavy atom. The molecule has 3 aliphatic rings. The van der Waals surface area contributed by atoms with Gasteiger partial charge in [0.1, 0.15) is 6.33 Å². The minimum absolute atomic E-state index is 0.0224. The first-order valence-corrected chi connectivity index (χ1v) is 9.54. The zero-order valence-corrected chi connectivity index (χ0v) is 15.0. The number of rotatable bonds is 3. The molecule has 1 aromatic rings. The molecule has 4 rings (SSSR count). The topological polar surface area (TPSA) is 72.3 Å². The molecule has 3 aliphatic heterocycles. The molecule has 0 aromatic carbocycles. The van der Waals surface area contributed by atoms with Gasteiger partial charge in [-0.3, -0.25) is 4.79 Å². The Kier molecular flexibility index (Phi) is 5.00. The van der Waals surface area contributed by atoms with E-state index in [4.69, 9.17) is 4.74 Å². The highest BCUT2D eigenvalue weighted by Crippen LogP contribution is 2.41. The minimum Gasteiger partial charge on any atom is -0.378 e. The van der Waals surface area contributed by atoms with Crippen LogP contribution in [0, 0.1) is 5.92 Å². The summed E-state index contributed by atoms with van der Waals surface area (Å²) in [7, 11) is 0. The summed E-state index contributed by atoms with van der Waals surface area (Å²) in [6, 6.07) is -1.97. The van der Waals surface area contributed by atoms with E-state index >= 15 is 0 Å². The van der Waals surface area contributed by atoms with Crippen LogP contribution in [0.15, 0.2) is 6.33 Å². The van der Waals surface area contributed by atoms with Crippen LogP contribution in [0.2, 0.25) is 0 Å². The molecule has 0 radical (unpaired) electrons. The lowest BCUT2D eigenvalue weighted by Gasteiger charge is -2.40. The largest absolute Gasteiger partial charge is 0.411 e. The highest BCUT2D eigenvalue weighted by molar-refractivity contribution is 5.76. The first-order valence-electron chi connectivity index (χ1n) is 9.54. The van der Waals surface area contributed by atoms with E-state index in [1.807, 2.05) is 4.90 Å². The number of hydrogen-bond acceptors (Lipinski definition) is 5. The third-order valence-electron chi connectivity index (χ3n) is 5.93. The molecule has 150 valence electrons. The summed E-state index contributed by atoms with van der Waals surface area (Å²) in [5.74, 6) is 0.336. The number of piperidine rings is 1. The van der Waals surface area contributed by atoms with Gasteiger partial charge in [0.2, 0.25) is 11.9 Å². The normalized spacial score (nSPS) is 29.4. The van der Waals surface area contributed by atoms with Gasteiger partial charge < -0.3 is 15.0 Å². The lowest BCUT2D eigenvalue weighted by Crippen LogP contribution is -2.47. The first kappa shape index (κ1) is 18.5. The summed E-state index contributed by atoms with van der Waals surface area (Å²) in [6.45, 7) is 1.88. The molecular formula is C17H24F3N5O2. The molecule has 7 nitrogen and oxygen atoms in total. The molecule has 1 N–H and O–H groups in total. The number of carbonyl (C=O) groups excluding carboxylic acids is 1. The van der Waals surface area contributed by atoms with Crippen LogP contribution in [-0.4, -0.2) is 63.6 Å². The quantitative estimate of drug-likeness (QED) is 0.862. The highest BCUT2D eigenvalue weighted by Gasteiger charge is 2.48. The van der Waals surface area contributed by atoms with E-state index < -0.39 is 12.2 Å². The van der Waals surface area contributed by atoms with Crippen molar-refractivity contribution in [3.8, 4) is 0 Å². The molecule has 0 bridgehead atoms. The number of amides is 1. The van der Waals surface area contributed by atoms with E-state index in [1.54, 1.807) is 0 Å². The minimum atomic E-state index is -4.36. The number of halogens is 3. The lowest BCUT2D eigenvalue weighted by molar-refractivity contribution is -0.174. The predicted octanol–water partition coefficient (Wildman–Crippen LogP) is 2.37. The van der Waals surface area contributed by atoms with Crippen molar-refractivity contribution in [1.29, 1.82) is 0 Å². The van der Waals surface area contributed by atoms with Gasteiger partial charge in [-0.2, -0.15) is 23.3 Å². The number of aromatic nitrogens is 3. The van der Waals surface area contributed by atoms with E-state index in [0.29, 0.717) is 32.4 Å². The number of hydrogen-bond donors (Lipinski definition) is 1. The second kappa shape index (κ2) is 7.29. The zero-order chi connectivity index (χ0) is 19.0. The smallest absolute Gasteiger partial charge is 0.378 e. The standard InChI is InChI=1S/C17H24F3N5O2/c18-17(19,20)14-9-13(23-16-21-10-22-25(14)16)11-3-5-24(6-4-11)15(26)8-12-2-1-7-27-12/h10-14H,1-9H2,(H,21,22,23)/t12-,13-,14+/m0/s1. The molecule has 0 saturated carbocycles. The van der Waals surface area contributed by atoms with Crippen molar-refractivity contribution in [2.45, 2.75) is 62.9 Å². The van der Waals surface area contributed by atoms with Crippen LogP contribution >= 0.6 is 0 Å². The van der Waals surface area contributed by atoms with E-state index in [-0.39, 0.29) is 36.3 Å². The number of fused-ring (bicyclic) bond motifs is 1. The maximum atomic E-state index is 13.4. The molecule has 0 unspecified atom stereocenters. The predicted molar refractivity (Wildman–Crippen MR) is 90.0 cm³/mol. The van der Waals surface area contributed by atoms with Gasteiger partial charge in [-0.15, -0.1) is 0 Å². The summed E-state index contributed by atoms with van der Waals surface area (Å²) in [5.41, 5.74) is 0. The molecule has 27 heavy (non-hydrogen) atoms. The van der Waals surface area contributed by atoms with Crippen LogP contribution in [0.5, 0.6) is 0 Å². The number of anilines is 1. The van der Waals surface area contributed by atoms with Crippen LogP contribution < -0.4 is 5.32 Å². The van der Waals surface area contributed by atoms with Crippen molar-refractivity contribution in [3.05, 3.63) is 6.33 Å². The monoisotopic (exact) mass is 387 g/mol. The van der Waals surface area contributed by atoms with Crippen LogP contribution in [0.4, 0.5) is 19.1 Å². The van der Waals surface area contributed by atoms with Gasteiger partial charge in [0.05, 0.1) is 12.5 Å². The molecular weight excluding hydrogens is 363 g/mol. The van der Waals surface area contributed by atoms with Crippen LogP contribution in [-0.2, 0) is 9.53 Å². The molecule has 0 spiro atoms. The van der Waals surface area contributed by atoms with Crippen LogP contribution in [0.25, 0.3) is 0 Å². The van der Waals surface area contributed by atoms with Crippen LogP contribution in [0.3, 0.4) is 0 Å². The van der Waals surface area contributed by atoms with Gasteiger partial charge in [-0.1, -0.05) is 0 Å². The highest BCUT2D eigenvalue weighted by atomic mass is 19.4. The SMILES string of the molecule is O=C(C[C@@H]1CCCO1)N1CCC([C@@H]2C[C@H](C(F)(F)F)n3ncnc3N2)CC1. The molecule has 0 aliphatic carbocycles. The molecule has 10 heteroatoms. The summed E-state index contributed by atoms with van der Waals surface area (Å²) in [4.78, 5) is 18.2. The van der Waals surface area contributed by atoms with Gasteiger partial charge in [-0.05, 0) is 38.0 Å². The fourth-order valence-electron chi connectivity index (χ4n) is 4.41. The number of nitrogens with one attached hydrogen (secondary N) is 1. The third-order valence-corrected chi connectivity index (χ3v) is 5.93. The second-order valence-corrected chi connectivity index (χ2v) is 7.63. The van der Waals surface area contributed by atoms with Gasteiger partial charge in [0.15, 0.2) is 6.04 Å². The maximum Gasteiger partial charge on any atom is 0.411 e. The Morgan fingerprint density at radius 2 is 2.07 bits per heavy atom. The summed E-state index contributed by atoms with van der Waals surface area (Å²) < 4.78 is 46.7. The Bertz CT molecular complexity index is 666. The Balaban J connectivity index is 1.35. The molecule has 3 atom stereocenters. The molecule has 1 amide bonds. The van der Waals surface area contributed by atoms with Gasteiger partial charge in [0, 0.05) is 25.7 Å². The fourth-order valence-corrected chi connectivity index (χ4v) is 4.41. The Morgan fingerprint density at radius 1 is 1.30 bits per heavy atom. The molecule has 2 saturated heterocycles. The number of likely N-dealkylation sites (tertiary alicyclic amines) is 1. The average molecular weight is 387 g/mol. The van der Waals surface area contributed by atoms with E-state index in [9.17, 15) is 18.0 Å². The van der Waals surface area contributed by atoms with Crippen molar-refractivity contribution < 1.29 is 22.7 Å². The van der Waals surface area contributed by atoms with Crippen molar-refractivity contribution in [2.75, 3.05) is 25.0 Å². The lowest BCUT2D eigenvalue weighted by atomic mass is 9.85. The number of ether oxygens (including phenoxy) is 1. The van der Waals surface area contributed by atoms with Crippen molar-refractivity contribution in [1.82, 2.24) is 19.7 Å². The fraction of sp³-hybridized carbons (Fsp3) is 0.824. The Labute approximate surface area is 155 Å². The van der Waals surface area contributed by atoms with Crippen molar-refractivity contribution in [2.24, 2.45) is 5.92 Å². The van der Waals surface area contributed by atoms with E-state index in [0.717, 1.165) is 30.5 Å². The third kappa shape index (κ3) is 3.90. The summed E-state index contributed by atoms with van der Waals surface area (Å²) >= 11 is 0. The maximum absolute atomic E-state index is 13.4. The van der Waals surface area contributed by atoms with Crippen molar-refractivity contribution in [3.63, 3.8) is 0 Å². The summed E-state index contributed by atoms with van der Waals surface area (Å²) in [6.07, 6.45) is 0.457. The molecule has 2 fully saturated rings. The van der Waals surface area contributed by atoms with E-state index in [2.05, 4.69) is 15.4 Å². The van der Waals surface area contributed by atoms with Gasteiger partial charge >= 0.3 is 6.18 Å². The van der Waals surface area contributed by atoms with Crippen molar-refractivity contribution >= 4 is 11.9 Å². The number of carbonyl (C=O) groups is 1.